The second kappa shape index (κ2) is 7.31. The van der Waals surface area contributed by atoms with Crippen LogP contribution in [0.4, 0.5) is 14.9 Å². The summed E-state index contributed by atoms with van der Waals surface area (Å²) in [6, 6.07) is 1.35. The van der Waals surface area contributed by atoms with Crippen molar-refractivity contribution in [3.63, 3.8) is 0 Å². The van der Waals surface area contributed by atoms with Crippen LogP contribution in [0.25, 0.3) is 0 Å². The number of amides is 2. The van der Waals surface area contributed by atoms with Gasteiger partial charge in [-0.1, -0.05) is 30.1 Å². The van der Waals surface area contributed by atoms with E-state index in [1.54, 1.807) is 6.92 Å². The molecule has 8 heteroatoms. The van der Waals surface area contributed by atoms with E-state index < -0.39 is 23.7 Å². The Morgan fingerprint density at radius 2 is 1.90 bits per heavy atom. The van der Waals surface area contributed by atoms with Crippen LogP contribution in [0.3, 0.4) is 0 Å². The van der Waals surface area contributed by atoms with Crippen molar-refractivity contribution < 1.29 is 19.1 Å². The highest BCUT2D eigenvalue weighted by Gasteiger charge is 2.17. The predicted octanol–water partition coefficient (Wildman–Crippen LogP) is 3.36. The van der Waals surface area contributed by atoms with Crippen molar-refractivity contribution in [2.45, 2.75) is 13.3 Å². The van der Waals surface area contributed by atoms with Crippen molar-refractivity contribution in [3.8, 4) is 0 Å². The molecule has 1 aromatic rings. The molecule has 110 valence electrons. The van der Waals surface area contributed by atoms with Crippen molar-refractivity contribution in [3.05, 3.63) is 28.0 Å². The number of aliphatic carboxylic acids is 1. The number of nitrogens with one attached hydrogen (secondary N) is 2. The molecule has 0 radical (unpaired) electrons. The number of carbonyl (C=O) groups is 2. The molecule has 20 heavy (non-hydrogen) atoms. The lowest BCUT2D eigenvalue weighted by Crippen LogP contribution is -2.35. The van der Waals surface area contributed by atoms with Crippen molar-refractivity contribution in [1.29, 1.82) is 0 Å². The molecule has 2 amide bonds. The Balaban J connectivity index is 2.66. The minimum Gasteiger partial charge on any atom is -0.481 e. The second-order valence-corrected chi connectivity index (χ2v) is 4.84. The maximum atomic E-state index is 13.0. The smallest absolute Gasteiger partial charge is 0.319 e. The first-order chi connectivity index (χ1) is 9.35. The summed E-state index contributed by atoms with van der Waals surface area (Å²) in [5.74, 6) is -2.30. The van der Waals surface area contributed by atoms with Crippen LogP contribution < -0.4 is 10.6 Å². The number of carboxylic acid groups (broad SMARTS) is 1. The summed E-state index contributed by atoms with van der Waals surface area (Å²) >= 11 is 11.5. The molecule has 0 saturated heterocycles. The Labute approximate surface area is 125 Å². The Bertz CT molecular complexity index is 502. The van der Waals surface area contributed by atoms with E-state index >= 15 is 0 Å². The van der Waals surface area contributed by atoms with Gasteiger partial charge in [-0.15, -0.1) is 0 Å². The van der Waals surface area contributed by atoms with E-state index in [1.807, 2.05) is 0 Å². The van der Waals surface area contributed by atoms with E-state index in [2.05, 4.69) is 10.6 Å². The van der Waals surface area contributed by atoms with Crippen molar-refractivity contribution in [2.75, 3.05) is 11.9 Å². The number of carboxylic acids is 1. The van der Waals surface area contributed by atoms with Gasteiger partial charge in [-0.25, -0.2) is 9.18 Å². The fourth-order valence-electron chi connectivity index (χ4n) is 1.44. The number of rotatable bonds is 5. The fourth-order valence-corrected chi connectivity index (χ4v) is 2.00. The van der Waals surface area contributed by atoms with Crippen molar-refractivity contribution in [1.82, 2.24) is 5.32 Å². The van der Waals surface area contributed by atoms with Crippen LogP contribution in [0.1, 0.15) is 13.3 Å². The molecule has 0 aromatic heterocycles. The molecule has 3 N–H and O–H groups in total. The first-order valence-corrected chi connectivity index (χ1v) is 6.53. The lowest BCUT2D eigenvalue weighted by molar-refractivity contribution is -0.141. The molecule has 5 nitrogen and oxygen atoms in total. The Hall–Kier alpha value is -1.53. The molecule has 1 unspecified atom stereocenters. The van der Waals surface area contributed by atoms with Crippen LogP contribution in [0.2, 0.25) is 10.0 Å². The predicted molar refractivity (Wildman–Crippen MR) is 74.9 cm³/mol. The first kappa shape index (κ1) is 16.5. The average Bonchev–Trinajstić information content (AvgIpc) is 2.34. The zero-order valence-electron chi connectivity index (χ0n) is 10.5. The summed E-state index contributed by atoms with van der Waals surface area (Å²) < 4.78 is 13.0. The Morgan fingerprint density at radius 3 is 2.35 bits per heavy atom. The van der Waals surface area contributed by atoms with Crippen LogP contribution in [0.15, 0.2) is 12.1 Å². The van der Waals surface area contributed by atoms with Crippen LogP contribution >= 0.6 is 23.2 Å². The van der Waals surface area contributed by atoms with Gasteiger partial charge < -0.3 is 15.7 Å². The monoisotopic (exact) mass is 322 g/mol. The van der Waals surface area contributed by atoms with E-state index in [1.165, 1.54) is 0 Å². The number of anilines is 1. The quantitative estimate of drug-likeness (QED) is 0.777. The molecular weight excluding hydrogens is 310 g/mol. The van der Waals surface area contributed by atoms with Crippen molar-refractivity contribution in [2.24, 2.45) is 5.92 Å². The number of hydrogen-bond acceptors (Lipinski definition) is 2. The topological polar surface area (TPSA) is 78.4 Å². The second-order valence-electron chi connectivity index (χ2n) is 4.02. The number of halogens is 3. The van der Waals surface area contributed by atoms with Crippen LogP contribution in [0, 0.1) is 11.7 Å². The summed E-state index contributed by atoms with van der Waals surface area (Å²) in [5, 5.41) is 13.5. The number of carbonyl (C=O) groups excluding carboxylic acids is 1. The van der Waals surface area contributed by atoms with Crippen LogP contribution in [0.5, 0.6) is 0 Å². The summed E-state index contributed by atoms with van der Waals surface area (Å²) in [6.45, 7) is 1.67. The Morgan fingerprint density at radius 1 is 1.35 bits per heavy atom. The largest absolute Gasteiger partial charge is 0.481 e. The van der Waals surface area contributed by atoms with E-state index in [4.69, 9.17) is 28.3 Å². The van der Waals surface area contributed by atoms with E-state index in [0.717, 1.165) is 12.1 Å². The van der Waals surface area contributed by atoms with E-state index in [9.17, 15) is 14.0 Å². The fraction of sp³-hybridized carbons (Fsp3) is 0.333. The molecule has 0 aliphatic heterocycles. The third kappa shape index (κ3) is 4.54. The highest BCUT2D eigenvalue weighted by molar-refractivity contribution is 6.39. The maximum Gasteiger partial charge on any atom is 0.319 e. The van der Waals surface area contributed by atoms with Gasteiger partial charge in [0.15, 0.2) is 0 Å². The molecule has 0 aliphatic carbocycles. The number of urea groups is 1. The van der Waals surface area contributed by atoms with Gasteiger partial charge in [-0.05, 0) is 18.6 Å². The highest BCUT2D eigenvalue weighted by atomic mass is 35.5. The Kier molecular flexibility index (Phi) is 6.04. The molecule has 0 bridgehead atoms. The summed E-state index contributed by atoms with van der Waals surface area (Å²) in [7, 11) is 0. The zero-order chi connectivity index (χ0) is 15.3. The standard InChI is InChI=1S/C12H13Cl2FN2O3/c1-2-6(11(18)19)5-16-12(20)17-10-8(13)3-7(15)4-9(10)14/h3-4,6H,2,5H2,1H3,(H,18,19)(H2,16,17,20). The minimum atomic E-state index is -0.995. The SMILES string of the molecule is CCC(CNC(=O)Nc1c(Cl)cc(F)cc1Cl)C(=O)O. The molecule has 1 rings (SSSR count). The molecule has 0 saturated carbocycles. The van der Waals surface area contributed by atoms with Gasteiger partial charge in [0.2, 0.25) is 0 Å². The summed E-state index contributed by atoms with van der Waals surface area (Å²) in [6.07, 6.45) is 0.383. The average molecular weight is 323 g/mol. The van der Waals surface area contributed by atoms with E-state index in [-0.39, 0.29) is 22.3 Å². The van der Waals surface area contributed by atoms with Gasteiger partial charge in [0.1, 0.15) is 5.82 Å². The van der Waals surface area contributed by atoms with Crippen LogP contribution in [-0.4, -0.2) is 23.7 Å². The van der Waals surface area contributed by atoms with E-state index in [0.29, 0.717) is 6.42 Å². The molecule has 0 fully saturated rings. The van der Waals surface area contributed by atoms with Gasteiger partial charge in [-0.2, -0.15) is 0 Å². The molecular formula is C12H13Cl2FN2O3. The molecule has 1 aromatic carbocycles. The molecule has 0 heterocycles. The molecule has 1 atom stereocenters. The molecule has 0 aliphatic rings. The minimum absolute atomic E-state index is 0.0336. The number of hydrogen-bond donors (Lipinski definition) is 3. The lowest BCUT2D eigenvalue weighted by Gasteiger charge is -2.13. The third-order valence-corrected chi connectivity index (χ3v) is 3.19. The normalized spacial score (nSPS) is 11.8. The van der Waals surface area contributed by atoms with Gasteiger partial charge in [0, 0.05) is 6.54 Å². The lowest BCUT2D eigenvalue weighted by atomic mass is 10.1. The highest BCUT2D eigenvalue weighted by Crippen LogP contribution is 2.31. The zero-order valence-corrected chi connectivity index (χ0v) is 12.1. The maximum absolute atomic E-state index is 13.0. The summed E-state index contributed by atoms with van der Waals surface area (Å²) in [4.78, 5) is 22.4. The van der Waals surface area contributed by atoms with Gasteiger partial charge in [0.05, 0.1) is 21.7 Å². The molecule has 0 spiro atoms. The first-order valence-electron chi connectivity index (χ1n) is 5.77. The summed E-state index contributed by atoms with van der Waals surface area (Å²) in [5.41, 5.74) is 0.0654. The van der Waals surface area contributed by atoms with Crippen LogP contribution in [-0.2, 0) is 4.79 Å². The van der Waals surface area contributed by atoms with Gasteiger partial charge in [0.25, 0.3) is 0 Å². The number of benzene rings is 1. The third-order valence-electron chi connectivity index (χ3n) is 2.60. The van der Waals surface area contributed by atoms with Gasteiger partial charge in [-0.3, -0.25) is 4.79 Å². The van der Waals surface area contributed by atoms with Crippen molar-refractivity contribution >= 4 is 40.9 Å². The van der Waals surface area contributed by atoms with Gasteiger partial charge >= 0.3 is 12.0 Å².